The highest BCUT2D eigenvalue weighted by molar-refractivity contribution is 9.10. The van der Waals surface area contributed by atoms with Crippen LogP contribution in [0.1, 0.15) is 11.6 Å². The van der Waals surface area contributed by atoms with Gasteiger partial charge in [-0.05, 0) is 42.2 Å². The number of carbonyl (C=O) groups excluding carboxylic acids is 3. The van der Waals surface area contributed by atoms with E-state index in [-0.39, 0.29) is 19.1 Å². The Kier molecular flexibility index (Phi) is 5.83. The lowest BCUT2D eigenvalue weighted by Crippen LogP contribution is -2.49. The number of esters is 1. The van der Waals surface area contributed by atoms with Gasteiger partial charge in [0.05, 0.1) is 17.3 Å². The molecular formula is C21H18BrN3O4S. The number of anilines is 1. The zero-order chi connectivity index (χ0) is 21.3. The van der Waals surface area contributed by atoms with Gasteiger partial charge in [0.25, 0.3) is 0 Å². The summed E-state index contributed by atoms with van der Waals surface area (Å²) < 4.78 is 6.03. The normalized spacial score (nSPS) is 18.1. The molecule has 1 unspecified atom stereocenters. The van der Waals surface area contributed by atoms with Gasteiger partial charge >= 0.3 is 12.0 Å². The summed E-state index contributed by atoms with van der Waals surface area (Å²) in [5.41, 5.74) is 2.17. The predicted octanol–water partition coefficient (Wildman–Crippen LogP) is 3.69. The Hall–Kier alpha value is -2.78. The molecule has 154 valence electrons. The van der Waals surface area contributed by atoms with Crippen LogP contribution in [0.2, 0.25) is 0 Å². The van der Waals surface area contributed by atoms with E-state index in [4.69, 9.17) is 4.74 Å². The Morgan fingerprint density at radius 1 is 1.27 bits per heavy atom. The maximum atomic E-state index is 12.8. The second-order valence-electron chi connectivity index (χ2n) is 6.74. The minimum atomic E-state index is -0.609. The average molecular weight is 488 g/mol. The molecule has 2 N–H and O–H groups in total. The third-order valence-electron chi connectivity index (χ3n) is 4.86. The first-order valence-electron chi connectivity index (χ1n) is 9.14. The fourth-order valence-electron chi connectivity index (χ4n) is 3.44. The van der Waals surface area contributed by atoms with E-state index >= 15 is 0 Å². The predicted molar refractivity (Wildman–Crippen MR) is 117 cm³/mol. The highest BCUT2D eigenvalue weighted by Gasteiger charge is 2.42. The minimum Gasteiger partial charge on any atom is -0.456 e. The van der Waals surface area contributed by atoms with Crippen molar-refractivity contribution in [2.24, 2.45) is 0 Å². The summed E-state index contributed by atoms with van der Waals surface area (Å²) in [5, 5.41) is 5.59. The Labute approximate surface area is 186 Å². The van der Waals surface area contributed by atoms with Crippen LogP contribution in [0.3, 0.4) is 0 Å². The largest absolute Gasteiger partial charge is 0.456 e. The van der Waals surface area contributed by atoms with E-state index in [0.717, 1.165) is 14.9 Å². The van der Waals surface area contributed by atoms with Gasteiger partial charge in [0.2, 0.25) is 5.91 Å². The van der Waals surface area contributed by atoms with Crippen LogP contribution < -0.4 is 10.6 Å². The molecule has 9 heteroatoms. The van der Waals surface area contributed by atoms with Gasteiger partial charge in [0.1, 0.15) is 13.2 Å². The lowest BCUT2D eigenvalue weighted by atomic mass is 9.96. The minimum absolute atomic E-state index is 0.0366. The van der Waals surface area contributed by atoms with Crippen LogP contribution in [-0.2, 0) is 14.3 Å². The standard InChI is InChI=1S/C21H18BrN3O4S/c1-30-15-7-5-12(6-8-15)19-18-16(11-29-20(18)27)25(21(28)24-19)10-17(26)23-14-4-2-3-13(22)9-14/h2-9,19H,10-11H2,1H3,(H,23,26)(H,24,28). The van der Waals surface area contributed by atoms with Crippen LogP contribution >= 0.6 is 27.7 Å². The van der Waals surface area contributed by atoms with Crippen LogP contribution in [0.5, 0.6) is 0 Å². The first-order chi connectivity index (χ1) is 14.5. The summed E-state index contributed by atoms with van der Waals surface area (Å²) in [6, 6.07) is 13.7. The van der Waals surface area contributed by atoms with E-state index in [9.17, 15) is 14.4 Å². The fraction of sp³-hybridized carbons (Fsp3) is 0.190. The zero-order valence-corrected chi connectivity index (χ0v) is 18.4. The molecule has 0 saturated carbocycles. The molecule has 1 atom stereocenters. The van der Waals surface area contributed by atoms with Crippen LogP contribution in [0.15, 0.2) is 69.2 Å². The second-order valence-corrected chi connectivity index (χ2v) is 8.53. The number of rotatable bonds is 5. The van der Waals surface area contributed by atoms with Crippen LogP contribution in [0.25, 0.3) is 0 Å². The van der Waals surface area contributed by atoms with Gasteiger partial charge in [-0.15, -0.1) is 11.8 Å². The van der Waals surface area contributed by atoms with Gasteiger partial charge in [-0.2, -0.15) is 0 Å². The van der Waals surface area contributed by atoms with Crippen molar-refractivity contribution in [1.29, 1.82) is 0 Å². The first-order valence-corrected chi connectivity index (χ1v) is 11.2. The number of cyclic esters (lactones) is 1. The number of urea groups is 1. The van der Waals surface area contributed by atoms with E-state index in [0.29, 0.717) is 17.0 Å². The Morgan fingerprint density at radius 3 is 2.73 bits per heavy atom. The molecule has 2 aliphatic heterocycles. The van der Waals surface area contributed by atoms with Crippen molar-refractivity contribution in [3.63, 3.8) is 0 Å². The molecule has 0 saturated heterocycles. The van der Waals surface area contributed by atoms with Crippen LogP contribution in [-0.4, -0.2) is 42.2 Å². The van der Waals surface area contributed by atoms with E-state index in [1.807, 2.05) is 36.6 Å². The third-order valence-corrected chi connectivity index (χ3v) is 6.09. The highest BCUT2D eigenvalue weighted by Crippen LogP contribution is 2.35. The number of hydrogen-bond donors (Lipinski definition) is 2. The van der Waals surface area contributed by atoms with Crippen molar-refractivity contribution in [3.05, 3.63) is 69.8 Å². The van der Waals surface area contributed by atoms with Crippen molar-refractivity contribution < 1.29 is 19.1 Å². The second kappa shape index (κ2) is 8.53. The van der Waals surface area contributed by atoms with E-state index in [1.165, 1.54) is 4.90 Å². The van der Waals surface area contributed by atoms with E-state index in [1.54, 1.807) is 30.0 Å². The first kappa shape index (κ1) is 20.5. The average Bonchev–Trinajstić information content (AvgIpc) is 3.11. The van der Waals surface area contributed by atoms with E-state index in [2.05, 4.69) is 26.6 Å². The quantitative estimate of drug-likeness (QED) is 0.495. The fourth-order valence-corrected chi connectivity index (χ4v) is 4.24. The molecule has 2 aromatic rings. The van der Waals surface area contributed by atoms with Crippen molar-refractivity contribution in [3.8, 4) is 0 Å². The van der Waals surface area contributed by atoms with E-state index < -0.39 is 18.0 Å². The monoisotopic (exact) mass is 487 g/mol. The molecule has 0 spiro atoms. The maximum Gasteiger partial charge on any atom is 0.338 e. The number of amides is 3. The van der Waals surface area contributed by atoms with Gasteiger partial charge in [0, 0.05) is 15.1 Å². The zero-order valence-electron chi connectivity index (χ0n) is 16.0. The molecule has 0 radical (unpaired) electrons. The molecule has 0 bridgehead atoms. The van der Waals surface area contributed by atoms with Crippen molar-refractivity contribution in [2.45, 2.75) is 10.9 Å². The van der Waals surface area contributed by atoms with Crippen molar-refractivity contribution in [1.82, 2.24) is 10.2 Å². The smallest absolute Gasteiger partial charge is 0.338 e. The van der Waals surface area contributed by atoms with Crippen LogP contribution in [0, 0.1) is 0 Å². The summed E-state index contributed by atoms with van der Waals surface area (Å²) in [5.74, 6) is -0.862. The Morgan fingerprint density at radius 2 is 2.03 bits per heavy atom. The number of hydrogen-bond acceptors (Lipinski definition) is 5. The van der Waals surface area contributed by atoms with Gasteiger partial charge < -0.3 is 15.4 Å². The lowest BCUT2D eigenvalue weighted by molar-refractivity contribution is -0.136. The lowest BCUT2D eigenvalue weighted by Gasteiger charge is -2.32. The number of halogens is 1. The molecule has 2 aliphatic rings. The maximum absolute atomic E-state index is 12.8. The van der Waals surface area contributed by atoms with Gasteiger partial charge in [0.15, 0.2) is 0 Å². The number of benzene rings is 2. The Bertz CT molecular complexity index is 1050. The number of carbonyl (C=O) groups is 3. The molecule has 30 heavy (non-hydrogen) atoms. The number of nitrogens with one attached hydrogen (secondary N) is 2. The summed E-state index contributed by atoms with van der Waals surface area (Å²) in [7, 11) is 0. The van der Waals surface area contributed by atoms with Crippen LogP contribution in [0.4, 0.5) is 10.5 Å². The molecule has 2 heterocycles. The third kappa shape index (κ3) is 4.08. The molecule has 0 aromatic heterocycles. The number of nitrogens with zero attached hydrogens (tertiary/aromatic N) is 1. The topological polar surface area (TPSA) is 87.7 Å². The summed E-state index contributed by atoms with van der Waals surface area (Å²) >= 11 is 4.96. The SMILES string of the molecule is CSc1ccc(C2NC(=O)N(CC(=O)Nc3cccc(Br)c3)C3=C2C(=O)OC3)cc1. The summed E-state index contributed by atoms with van der Waals surface area (Å²) in [6.45, 7) is -0.267. The van der Waals surface area contributed by atoms with Crippen molar-refractivity contribution in [2.75, 3.05) is 24.7 Å². The van der Waals surface area contributed by atoms with Crippen molar-refractivity contribution >= 4 is 51.3 Å². The Balaban J connectivity index is 1.58. The number of thioether (sulfide) groups is 1. The van der Waals surface area contributed by atoms with Gasteiger partial charge in [-0.3, -0.25) is 9.69 Å². The molecule has 4 rings (SSSR count). The molecular weight excluding hydrogens is 470 g/mol. The molecule has 7 nitrogen and oxygen atoms in total. The molecule has 2 aromatic carbocycles. The molecule has 3 amide bonds. The summed E-state index contributed by atoms with van der Waals surface area (Å²) in [6.07, 6.45) is 1.98. The summed E-state index contributed by atoms with van der Waals surface area (Å²) in [4.78, 5) is 40.1. The molecule has 0 fully saturated rings. The molecule has 0 aliphatic carbocycles. The highest BCUT2D eigenvalue weighted by atomic mass is 79.9. The van der Waals surface area contributed by atoms with Gasteiger partial charge in [-0.25, -0.2) is 9.59 Å². The van der Waals surface area contributed by atoms with Gasteiger partial charge in [-0.1, -0.05) is 34.1 Å². The number of ether oxygens (including phenoxy) is 1.